The molecule has 0 fully saturated rings. The third-order valence-corrected chi connectivity index (χ3v) is 1.89. The Balaban J connectivity index is 2.72. The van der Waals surface area contributed by atoms with Crippen molar-refractivity contribution in [2.24, 2.45) is 0 Å². The summed E-state index contributed by atoms with van der Waals surface area (Å²) in [6, 6.07) is -0.708. The number of ether oxygens (including phenoxy) is 1. The van der Waals surface area contributed by atoms with E-state index in [0.717, 1.165) is 6.20 Å². The van der Waals surface area contributed by atoms with E-state index in [9.17, 15) is 9.18 Å². The lowest BCUT2D eigenvalue weighted by molar-refractivity contribution is -0.143. The van der Waals surface area contributed by atoms with E-state index in [1.165, 1.54) is 6.92 Å². The van der Waals surface area contributed by atoms with E-state index in [4.69, 9.17) is 16.3 Å². The summed E-state index contributed by atoms with van der Waals surface area (Å²) >= 11 is 5.50. The number of anilines is 1. The molecule has 0 aliphatic carbocycles. The van der Waals surface area contributed by atoms with Crippen LogP contribution in [0.15, 0.2) is 6.20 Å². The van der Waals surface area contributed by atoms with Gasteiger partial charge in [0.25, 0.3) is 0 Å². The minimum atomic E-state index is -0.708. The molecule has 0 radical (unpaired) electrons. The zero-order chi connectivity index (χ0) is 12.1. The summed E-state index contributed by atoms with van der Waals surface area (Å²) in [5, 5.41) is 2.45. The van der Waals surface area contributed by atoms with Gasteiger partial charge < -0.3 is 10.1 Å². The van der Waals surface area contributed by atoms with Gasteiger partial charge in [0.2, 0.25) is 5.28 Å². The van der Waals surface area contributed by atoms with Gasteiger partial charge in [-0.25, -0.2) is 14.2 Å². The Morgan fingerprint density at radius 1 is 1.75 bits per heavy atom. The number of esters is 1. The van der Waals surface area contributed by atoms with Gasteiger partial charge in [0.15, 0.2) is 11.6 Å². The first kappa shape index (κ1) is 12.6. The summed E-state index contributed by atoms with van der Waals surface area (Å²) in [6.45, 7) is 3.48. The number of aromatic nitrogens is 2. The predicted molar refractivity (Wildman–Crippen MR) is 56.7 cm³/mol. The minimum absolute atomic E-state index is 0.0973. The summed E-state index contributed by atoms with van der Waals surface area (Å²) in [6.07, 6.45) is 0.926. The normalized spacial score (nSPS) is 12.0. The lowest BCUT2D eigenvalue weighted by atomic mass is 10.3. The van der Waals surface area contributed by atoms with Crippen molar-refractivity contribution >= 4 is 23.4 Å². The van der Waals surface area contributed by atoms with E-state index in [2.05, 4.69) is 15.3 Å². The van der Waals surface area contributed by atoms with Crippen molar-refractivity contribution in [2.75, 3.05) is 11.9 Å². The number of hydrogen-bond acceptors (Lipinski definition) is 5. The number of hydrogen-bond donors (Lipinski definition) is 1. The van der Waals surface area contributed by atoms with E-state index in [-0.39, 0.29) is 17.7 Å². The number of carbonyl (C=O) groups excluding carboxylic acids is 1. The van der Waals surface area contributed by atoms with Gasteiger partial charge >= 0.3 is 5.97 Å². The van der Waals surface area contributed by atoms with Crippen LogP contribution in [0.2, 0.25) is 5.28 Å². The SMILES string of the molecule is CCOC(=O)C(C)Nc1nc(Cl)ncc1F. The smallest absolute Gasteiger partial charge is 0.328 e. The quantitative estimate of drug-likeness (QED) is 0.647. The van der Waals surface area contributed by atoms with Crippen LogP contribution in [0.4, 0.5) is 10.2 Å². The maximum Gasteiger partial charge on any atom is 0.328 e. The number of nitrogens with one attached hydrogen (secondary N) is 1. The molecule has 88 valence electrons. The molecule has 0 spiro atoms. The molecule has 0 aliphatic heterocycles. The summed E-state index contributed by atoms with van der Waals surface area (Å²) in [5.41, 5.74) is 0. The van der Waals surface area contributed by atoms with Crippen molar-refractivity contribution in [1.29, 1.82) is 0 Å². The van der Waals surface area contributed by atoms with Gasteiger partial charge in [-0.3, -0.25) is 0 Å². The van der Waals surface area contributed by atoms with Crippen LogP contribution in [0.3, 0.4) is 0 Å². The maximum atomic E-state index is 13.2. The second kappa shape index (κ2) is 5.60. The first-order valence-electron chi connectivity index (χ1n) is 4.65. The van der Waals surface area contributed by atoms with Gasteiger partial charge in [-0.2, -0.15) is 4.98 Å². The molecule has 7 heteroatoms. The third kappa shape index (κ3) is 3.30. The fraction of sp³-hybridized carbons (Fsp3) is 0.444. The number of carbonyl (C=O) groups is 1. The summed E-state index contributed by atoms with van der Waals surface area (Å²) in [4.78, 5) is 18.3. The number of halogens is 2. The van der Waals surface area contributed by atoms with Crippen molar-refractivity contribution in [3.8, 4) is 0 Å². The topological polar surface area (TPSA) is 64.1 Å². The van der Waals surface area contributed by atoms with Crippen LogP contribution in [0.5, 0.6) is 0 Å². The minimum Gasteiger partial charge on any atom is -0.464 e. The Hall–Kier alpha value is -1.43. The zero-order valence-electron chi connectivity index (χ0n) is 8.83. The number of nitrogens with zero attached hydrogens (tertiary/aromatic N) is 2. The first-order chi connectivity index (χ1) is 7.54. The standard InChI is InChI=1S/C9H11ClFN3O2/c1-3-16-8(15)5(2)13-7-6(11)4-12-9(10)14-7/h4-5H,3H2,1-2H3,(H,12,13,14). The second-order valence-corrected chi connectivity index (χ2v) is 3.29. The van der Waals surface area contributed by atoms with Crippen LogP contribution < -0.4 is 5.32 Å². The largest absolute Gasteiger partial charge is 0.464 e. The molecule has 16 heavy (non-hydrogen) atoms. The van der Waals surface area contributed by atoms with Crippen molar-refractivity contribution < 1.29 is 13.9 Å². The average molecular weight is 248 g/mol. The molecule has 1 aromatic heterocycles. The van der Waals surface area contributed by atoms with Crippen molar-refractivity contribution in [2.45, 2.75) is 19.9 Å². The van der Waals surface area contributed by atoms with Gasteiger partial charge in [0.05, 0.1) is 12.8 Å². The molecule has 0 amide bonds. The lowest BCUT2D eigenvalue weighted by Gasteiger charge is -2.13. The highest BCUT2D eigenvalue weighted by Gasteiger charge is 2.16. The molecular weight excluding hydrogens is 237 g/mol. The molecule has 0 saturated heterocycles. The maximum absolute atomic E-state index is 13.2. The molecule has 1 aromatic rings. The van der Waals surface area contributed by atoms with E-state index in [0.29, 0.717) is 0 Å². The summed E-state index contributed by atoms with van der Waals surface area (Å²) in [5.74, 6) is -1.29. The van der Waals surface area contributed by atoms with Gasteiger partial charge in [0, 0.05) is 0 Å². The second-order valence-electron chi connectivity index (χ2n) is 2.95. The highest BCUT2D eigenvalue weighted by molar-refractivity contribution is 6.28. The van der Waals surface area contributed by atoms with E-state index in [1.807, 2.05) is 0 Å². The molecule has 0 aromatic carbocycles. The zero-order valence-corrected chi connectivity index (χ0v) is 9.58. The Morgan fingerprint density at radius 2 is 2.44 bits per heavy atom. The predicted octanol–water partition coefficient (Wildman–Crippen LogP) is 1.63. The van der Waals surface area contributed by atoms with Crippen LogP contribution in [0, 0.1) is 5.82 Å². The highest BCUT2D eigenvalue weighted by atomic mass is 35.5. The Bertz CT molecular complexity index is 389. The average Bonchev–Trinajstić information content (AvgIpc) is 2.23. The molecule has 1 heterocycles. The fourth-order valence-corrected chi connectivity index (χ4v) is 1.11. The molecular formula is C9H11ClFN3O2. The monoisotopic (exact) mass is 247 g/mol. The van der Waals surface area contributed by atoms with Crippen LogP contribution in [0.25, 0.3) is 0 Å². The molecule has 5 nitrogen and oxygen atoms in total. The molecule has 1 unspecified atom stereocenters. The van der Waals surface area contributed by atoms with Crippen LogP contribution in [-0.4, -0.2) is 28.6 Å². The van der Waals surface area contributed by atoms with Crippen LogP contribution in [-0.2, 0) is 9.53 Å². The molecule has 0 aliphatic rings. The summed E-state index contributed by atoms with van der Waals surface area (Å²) in [7, 11) is 0. The van der Waals surface area contributed by atoms with E-state index >= 15 is 0 Å². The van der Waals surface area contributed by atoms with Gasteiger partial charge in [-0.1, -0.05) is 0 Å². The Kier molecular flexibility index (Phi) is 4.42. The Labute approximate surface area is 97.0 Å². The molecule has 1 N–H and O–H groups in total. The Morgan fingerprint density at radius 3 is 3.06 bits per heavy atom. The van der Waals surface area contributed by atoms with Crippen molar-refractivity contribution in [3.05, 3.63) is 17.3 Å². The molecule has 0 saturated carbocycles. The van der Waals surface area contributed by atoms with Gasteiger partial charge in [-0.05, 0) is 25.4 Å². The van der Waals surface area contributed by atoms with Gasteiger partial charge in [-0.15, -0.1) is 0 Å². The fourth-order valence-electron chi connectivity index (χ4n) is 0.978. The highest BCUT2D eigenvalue weighted by Crippen LogP contribution is 2.13. The van der Waals surface area contributed by atoms with E-state index < -0.39 is 17.8 Å². The number of rotatable bonds is 4. The first-order valence-corrected chi connectivity index (χ1v) is 5.03. The third-order valence-electron chi connectivity index (χ3n) is 1.71. The van der Waals surface area contributed by atoms with Crippen LogP contribution >= 0.6 is 11.6 Å². The molecule has 0 bridgehead atoms. The van der Waals surface area contributed by atoms with Crippen molar-refractivity contribution in [3.63, 3.8) is 0 Å². The van der Waals surface area contributed by atoms with Crippen molar-refractivity contribution in [1.82, 2.24) is 9.97 Å². The van der Waals surface area contributed by atoms with Crippen LogP contribution in [0.1, 0.15) is 13.8 Å². The lowest BCUT2D eigenvalue weighted by Crippen LogP contribution is -2.29. The molecule has 1 atom stereocenters. The molecule has 1 rings (SSSR count). The van der Waals surface area contributed by atoms with E-state index in [1.54, 1.807) is 6.92 Å². The van der Waals surface area contributed by atoms with Gasteiger partial charge in [0.1, 0.15) is 6.04 Å². The summed E-state index contributed by atoms with van der Waals surface area (Å²) < 4.78 is 17.9.